The summed E-state index contributed by atoms with van der Waals surface area (Å²) < 4.78 is 5.25. The molecule has 0 saturated heterocycles. The molecule has 3 aliphatic rings. The Balaban J connectivity index is 1.59. The third-order valence-electron chi connectivity index (χ3n) is 4.98. The molecular formula is C19H17N3O2. The number of anilines is 1. The standard InChI is InChI=1S/C19H17N3O2/c23-18-2-1-12-5-14(6-13-3-4-22(18)19(12)13)15-7-16(9-20-8-15)17-10-24-11-21-17/h5-10,21H,1-4,11H2. The van der Waals surface area contributed by atoms with E-state index < -0.39 is 0 Å². The Labute approximate surface area is 140 Å². The molecule has 0 spiro atoms. The fraction of sp³-hybridized carbons (Fsp3) is 0.263. The average Bonchev–Trinajstić information content (AvgIpc) is 3.29. The van der Waals surface area contributed by atoms with Gasteiger partial charge in [-0.2, -0.15) is 0 Å². The first-order valence-corrected chi connectivity index (χ1v) is 8.27. The largest absolute Gasteiger partial charge is 0.479 e. The lowest BCUT2D eigenvalue weighted by molar-refractivity contribution is -0.118. The summed E-state index contributed by atoms with van der Waals surface area (Å²) in [4.78, 5) is 18.4. The van der Waals surface area contributed by atoms with Gasteiger partial charge in [0.2, 0.25) is 5.91 Å². The van der Waals surface area contributed by atoms with Crippen molar-refractivity contribution in [3.63, 3.8) is 0 Å². The molecule has 0 atom stereocenters. The van der Waals surface area contributed by atoms with Crippen LogP contribution in [0, 0.1) is 0 Å². The lowest BCUT2D eigenvalue weighted by Gasteiger charge is -2.25. The highest BCUT2D eigenvalue weighted by molar-refractivity contribution is 5.99. The van der Waals surface area contributed by atoms with Crippen LogP contribution in [0.1, 0.15) is 23.1 Å². The SMILES string of the molecule is O=C1CCc2cc(-c3cncc(C4=COCN4)c3)cc3c2N1CC3. The fourth-order valence-electron chi connectivity index (χ4n) is 3.83. The number of rotatable bonds is 2. The quantitative estimate of drug-likeness (QED) is 0.924. The number of aromatic nitrogens is 1. The molecule has 4 heterocycles. The number of ether oxygens (including phenoxy) is 1. The summed E-state index contributed by atoms with van der Waals surface area (Å²) in [5.74, 6) is 0.261. The van der Waals surface area contributed by atoms with Crippen LogP contribution >= 0.6 is 0 Å². The number of aryl methyl sites for hydroxylation is 1. The normalized spacial score (nSPS) is 18.1. The fourth-order valence-corrected chi connectivity index (χ4v) is 3.83. The zero-order chi connectivity index (χ0) is 16.1. The van der Waals surface area contributed by atoms with Crippen LogP contribution in [-0.2, 0) is 22.4 Å². The van der Waals surface area contributed by atoms with Gasteiger partial charge in [0.15, 0.2) is 6.73 Å². The number of carbonyl (C=O) groups is 1. The van der Waals surface area contributed by atoms with Crippen molar-refractivity contribution < 1.29 is 9.53 Å². The molecule has 5 heteroatoms. The van der Waals surface area contributed by atoms with Crippen LogP contribution in [-0.4, -0.2) is 24.2 Å². The van der Waals surface area contributed by atoms with Crippen molar-refractivity contribution in [2.75, 3.05) is 18.2 Å². The summed E-state index contributed by atoms with van der Waals surface area (Å²) in [7, 11) is 0. The summed E-state index contributed by atoms with van der Waals surface area (Å²) >= 11 is 0. The Morgan fingerprint density at radius 2 is 1.83 bits per heavy atom. The number of benzene rings is 1. The van der Waals surface area contributed by atoms with Crippen molar-refractivity contribution in [3.05, 3.63) is 53.5 Å². The number of carbonyl (C=O) groups excluding carboxylic acids is 1. The summed E-state index contributed by atoms with van der Waals surface area (Å²) in [6.07, 6.45) is 7.86. The Bertz CT molecular complexity index is 888. The number of nitrogens with zero attached hydrogens (tertiary/aromatic N) is 2. The van der Waals surface area contributed by atoms with Gasteiger partial charge in [0.05, 0.1) is 11.4 Å². The van der Waals surface area contributed by atoms with Crippen LogP contribution in [0.15, 0.2) is 36.9 Å². The molecule has 0 radical (unpaired) electrons. The van der Waals surface area contributed by atoms with E-state index in [0.29, 0.717) is 13.2 Å². The van der Waals surface area contributed by atoms with Gasteiger partial charge < -0.3 is 15.0 Å². The van der Waals surface area contributed by atoms with Gasteiger partial charge in [-0.15, -0.1) is 0 Å². The predicted molar refractivity (Wildman–Crippen MR) is 91.1 cm³/mol. The molecule has 1 aromatic heterocycles. The van der Waals surface area contributed by atoms with Gasteiger partial charge in [-0.1, -0.05) is 0 Å². The first kappa shape index (κ1) is 13.6. The second-order valence-electron chi connectivity index (χ2n) is 6.42. The van der Waals surface area contributed by atoms with E-state index in [1.165, 1.54) is 16.7 Å². The van der Waals surface area contributed by atoms with Crippen LogP contribution in [0.25, 0.3) is 16.8 Å². The number of nitrogens with one attached hydrogen (secondary N) is 1. The maximum Gasteiger partial charge on any atom is 0.227 e. The number of hydrogen-bond acceptors (Lipinski definition) is 4. The Morgan fingerprint density at radius 3 is 2.67 bits per heavy atom. The van der Waals surface area contributed by atoms with Gasteiger partial charge in [0.1, 0.15) is 6.26 Å². The lowest BCUT2D eigenvalue weighted by Crippen LogP contribution is -2.32. The predicted octanol–water partition coefficient (Wildman–Crippen LogP) is 2.46. The van der Waals surface area contributed by atoms with Crippen LogP contribution < -0.4 is 10.2 Å². The molecule has 0 fully saturated rings. The molecule has 1 amide bonds. The molecule has 0 saturated carbocycles. The summed E-state index contributed by atoms with van der Waals surface area (Å²) in [6.45, 7) is 1.32. The third kappa shape index (κ3) is 2.01. The monoisotopic (exact) mass is 319 g/mol. The van der Waals surface area contributed by atoms with E-state index in [9.17, 15) is 4.79 Å². The molecule has 1 aromatic carbocycles. The summed E-state index contributed by atoms with van der Waals surface area (Å²) in [5, 5.41) is 3.19. The minimum Gasteiger partial charge on any atom is -0.479 e. The Hall–Kier alpha value is -2.82. The molecule has 1 N–H and O–H groups in total. The maximum absolute atomic E-state index is 12.1. The van der Waals surface area contributed by atoms with Gasteiger partial charge in [0, 0.05) is 36.5 Å². The average molecular weight is 319 g/mol. The van der Waals surface area contributed by atoms with E-state index in [1.807, 2.05) is 17.3 Å². The van der Waals surface area contributed by atoms with E-state index in [-0.39, 0.29) is 5.91 Å². The van der Waals surface area contributed by atoms with Crippen molar-refractivity contribution in [3.8, 4) is 11.1 Å². The zero-order valence-electron chi connectivity index (χ0n) is 13.2. The van der Waals surface area contributed by atoms with E-state index in [0.717, 1.165) is 41.9 Å². The number of pyridine rings is 1. The molecule has 2 aromatic rings. The minimum absolute atomic E-state index is 0.261. The van der Waals surface area contributed by atoms with Crippen LogP contribution in [0.3, 0.4) is 0 Å². The minimum atomic E-state index is 0.261. The van der Waals surface area contributed by atoms with Gasteiger partial charge in [-0.3, -0.25) is 9.78 Å². The molecule has 0 unspecified atom stereocenters. The summed E-state index contributed by atoms with van der Waals surface area (Å²) in [6, 6.07) is 6.57. The highest BCUT2D eigenvalue weighted by Crippen LogP contribution is 2.39. The topological polar surface area (TPSA) is 54.5 Å². The maximum atomic E-state index is 12.1. The van der Waals surface area contributed by atoms with Crippen LogP contribution in [0.5, 0.6) is 0 Å². The van der Waals surface area contributed by atoms with Crippen molar-refractivity contribution in [2.24, 2.45) is 0 Å². The van der Waals surface area contributed by atoms with Crippen molar-refractivity contribution in [2.45, 2.75) is 19.3 Å². The highest BCUT2D eigenvalue weighted by atomic mass is 16.5. The second kappa shape index (κ2) is 5.09. The molecule has 5 rings (SSSR count). The molecule has 0 bridgehead atoms. The van der Waals surface area contributed by atoms with E-state index in [1.54, 1.807) is 6.26 Å². The lowest BCUT2D eigenvalue weighted by atomic mass is 9.94. The van der Waals surface area contributed by atoms with Gasteiger partial charge in [-0.25, -0.2) is 0 Å². The van der Waals surface area contributed by atoms with Gasteiger partial charge >= 0.3 is 0 Å². The van der Waals surface area contributed by atoms with E-state index in [2.05, 4.69) is 28.5 Å². The van der Waals surface area contributed by atoms with E-state index >= 15 is 0 Å². The van der Waals surface area contributed by atoms with E-state index in [4.69, 9.17) is 4.74 Å². The van der Waals surface area contributed by atoms with Crippen LogP contribution in [0.4, 0.5) is 5.69 Å². The van der Waals surface area contributed by atoms with Crippen molar-refractivity contribution >= 4 is 17.3 Å². The smallest absolute Gasteiger partial charge is 0.227 e. The highest BCUT2D eigenvalue weighted by Gasteiger charge is 2.31. The molecular weight excluding hydrogens is 302 g/mol. The number of hydrogen-bond donors (Lipinski definition) is 1. The molecule has 5 nitrogen and oxygen atoms in total. The molecule has 120 valence electrons. The first-order valence-electron chi connectivity index (χ1n) is 8.27. The van der Waals surface area contributed by atoms with Gasteiger partial charge in [-0.05, 0) is 47.7 Å². The zero-order valence-corrected chi connectivity index (χ0v) is 13.2. The van der Waals surface area contributed by atoms with Crippen molar-refractivity contribution in [1.82, 2.24) is 10.3 Å². The molecule has 0 aliphatic carbocycles. The van der Waals surface area contributed by atoms with Gasteiger partial charge in [0.25, 0.3) is 0 Å². The number of amides is 1. The van der Waals surface area contributed by atoms with Crippen LogP contribution in [0.2, 0.25) is 0 Å². The third-order valence-corrected chi connectivity index (χ3v) is 4.98. The molecule has 3 aliphatic heterocycles. The van der Waals surface area contributed by atoms with Crippen molar-refractivity contribution in [1.29, 1.82) is 0 Å². The Kier molecular flexibility index (Phi) is 2.89. The summed E-state index contributed by atoms with van der Waals surface area (Å²) in [5.41, 5.74) is 7.98. The second-order valence-corrected chi connectivity index (χ2v) is 6.42. The molecule has 24 heavy (non-hydrogen) atoms. The Morgan fingerprint density at radius 1 is 1.00 bits per heavy atom. The first-order chi connectivity index (χ1) is 11.8.